The number of benzene rings is 2. The molecule has 0 bridgehead atoms. The molecule has 29 heavy (non-hydrogen) atoms. The van der Waals surface area contributed by atoms with Crippen LogP contribution in [-0.2, 0) is 15.8 Å². The van der Waals surface area contributed by atoms with Crippen LogP contribution in [-0.4, -0.2) is 28.4 Å². The maximum atomic E-state index is 13.5. The molecule has 2 aromatic rings. The lowest BCUT2D eigenvalue weighted by molar-refractivity contribution is -0.137. The minimum atomic E-state index is -4.55. The summed E-state index contributed by atoms with van der Waals surface area (Å²) in [6, 6.07) is 11.4. The molecule has 8 heteroatoms. The summed E-state index contributed by atoms with van der Waals surface area (Å²) in [4.78, 5) is 26.2. The number of hydrogen-bond acceptors (Lipinski definition) is 3. The average Bonchev–Trinajstić information content (AvgIpc) is 2.68. The predicted octanol–water partition coefficient (Wildman–Crippen LogP) is 4.19. The van der Waals surface area contributed by atoms with E-state index in [0.29, 0.717) is 5.56 Å². The van der Waals surface area contributed by atoms with Crippen LogP contribution in [0.5, 0.6) is 0 Å². The van der Waals surface area contributed by atoms with Gasteiger partial charge in [-0.05, 0) is 41.1 Å². The molecule has 1 N–H and O–H groups in total. The first-order valence-corrected chi connectivity index (χ1v) is 8.90. The normalized spacial score (nSPS) is 16.2. The Balaban J connectivity index is 2.14. The number of nitrogens with zero attached hydrogens (tertiary/aromatic N) is 1. The van der Waals surface area contributed by atoms with Gasteiger partial charge in [-0.15, -0.1) is 6.58 Å². The molecular weight excluding hydrogens is 401 g/mol. The van der Waals surface area contributed by atoms with E-state index < -0.39 is 23.6 Å². The topological polar surface area (TPSA) is 49.4 Å². The van der Waals surface area contributed by atoms with Crippen LogP contribution >= 0.6 is 12.2 Å². The van der Waals surface area contributed by atoms with Gasteiger partial charge in [0, 0.05) is 6.54 Å². The third-order valence-corrected chi connectivity index (χ3v) is 4.60. The predicted molar refractivity (Wildman–Crippen MR) is 108 cm³/mol. The Bertz CT molecular complexity index is 1040. The zero-order chi connectivity index (χ0) is 21.2. The quantitative estimate of drug-likeness (QED) is 0.352. The van der Waals surface area contributed by atoms with Gasteiger partial charge in [0.1, 0.15) is 5.57 Å². The van der Waals surface area contributed by atoms with E-state index in [0.717, 1.165) is 11.0 Å². The van der Waals surface area contributed by atoms with Gasteiger partial charge in [-0.3, -0.25) is 19.8 Å². The molecule has 1 aliphatic rings. The second-order valence-electron chi connectivity index (χ2n) is 6.15. The second-order valence-corrected chi connectivity index (χ2v) is 6.54. The molecule has 2 amide bonds. The fourth-order valence-corrected chi connectivity index (χ4v) is 3.23. The molecule has 1 saturated heterocycles. The maximum absolute atomic E-state index is 13.5. The summed E-state index contributed by atoms with van der Waals surface area (Å²) in [7, 11) is 0. The molecular formula is C21H15F3N2O2S. The fourth-order valence-electron chi connectivity index (χ4n) is 2.98. The number of carbonyl (C=O) groups is 2. The van der Waals surface area contributed by atoms with E-state index in [1.165, 1.54) is 36.4 Å². The summed E-state index contributed by atoms with van der Waals surface area (Å²) in [5.41, 5.74) is -0.530. The van der Waals surface area contributed by atoms with Crippen molar-refractivity contribution in [3.8, 4) is 11.1 Å². The number of nitrogens with one attached hydrogen (secondary N) is 1. The average molecular weight is 416 g/mol. The number of amides is 2. The Kier molecular flexibility index (Phi) is 5.65. The number of thiocarbonyl (C=S) groups is 1. The van der Waals surface area contributed by atoms with Gasteiger partial charge in [0.15, 0.2) is 5.11 Å². The third-order valence-electron chi connectivity index (χ3n) is 4.28. The summed E-state index contributed by atoms with van der Waals surface area (Å²) in [6.45, 7) is 3.64. The summed E-state index contributed by atoms with van der Waals surface area (Å²) >= 11 is 5.00. The van der Waals surface area contributed by atoms with Gasteiger partial charge in [0.05, 0.1) is 5.56 Å². The highest BCUT2D eigenvalue weighted by Gasteiger charge is 2.35. The van der Waals surface area contributed by atoms with Crippen LogP contribution in [0.2, 0.25) is 0 Å². The molecule has 0 radical (unpaired) electrons. The van der Waals surface area contributed by atoms with E-state index in [-0.39, 0.29) is 28.4 Å². The lowest BCUT2D eigenvalue weighted by Gasteiger charge is -2.28. The van der Waals surface area contributed by atoms with E-state index in [9.17, 15) is 22.8 Å². The number of halogens is 3. The van der Waals surface area contributed by atoms with Crippen LogP contribution in [0.4, 0.5) is 13.2 Å². The molecule has 4 nitrogen and oxygen atoms in total. The van der Waals surface area contributed by atoms with Crippen molar-refractivity contribution in [2.24, 2.45) is 0 Å². The fraction of sp³-hybridized carbons (Fsp3) is 0.0952. The highest BCUT2D eigenvalue weighted by molar-refractivity contribution is 7.80. The first-order valence-electron chi connectivity index (χ1n) is 8.49. The molecule has 0 atom stereocenters. The molecule has 0 unspecified atom stereocenters. The lowest BCUT2D eigenvalue weighted by Crippen LogP contribution is -2.53. The highest BCUT2D eigenvalue weighted by Crippen LogP contribution is 2.38. The Morgan fingerprint density at radius 2 is 1.66 bits per heavy atom. The SMILES string of the molecule is C=CCN1C(=O)/C(=C\c2ccccc2-c2ccccc2C(F)(F)F)C(=O)NC1=S. The molecule has 0 aromatic heterocycles. The van der Waals surface area contributed by atoms with Crippen LogP contribution in [0.1, 0.15) is 11.1 Å². The van der Waals surface area contributed by atoms with E-state index in [4.69, 9.17) is 12.2 Å². The van der Waals surface area contributed by atoms with Gasteiger partial charge in [0.2, 0.25) is 0 Å². The van der Waals surface area contributed by atoms with Crippen molar-refractivity contribution in [1.29, 1.82) is 0 Å². The first kappa shape index (κ1) is 20.5. The van der Waals surface area contributed by atoms with Gasteiger partial charge < -0.3 is 0 Å². The van der Waals surface area contributed by atoms with Crippen molar-refractivity contribution in [2.75, 3.05) is 6.54 Å². The minimum absolute atomic E-state index is 0.0467. The van der Waals surface area contributed by atoms with Crippen molar-refractivity contribution in [1.82, 2.24) is 10.2 Å². The van der Waals surface area contributed by atoms with Gasteiger partial charge in [-0.25, -0.2) is 0 Å². The smallest absolute Gasteiger partial charge is 0.298 e. The third kappa shape index (κ3) is 4.12. The Morgan fingerprint density at radius 1 is 1.03 bits per heavy atom. The first-order chi connectivity index (χ1) is 13.7. The largest absolute Gasteiger partial charge is 0.417 e. The minimum Gasteiger partial charge on any atom is -0.298 e. The van der Waals surface area contributed by atoms with Crippen molar-refractivity contribution >= 4 is 35.2 Å². The maximum Gasteiger partial charge on any atom is 0.417 e. The zero-order valence-electron chi connectivity index (χ0n) is 15.0. The zero-order valence-corrected chi connectivity index (χ0v) is 15.8. The summed E-state index contributed by atoms with van der Waals surface area (Å²) in [5.74, 6) is -1.35. The van der Waals surface area contributed by atoms with Crippen molar-refractivity contribution in [2.45, 2.75) is 6.18 Å². The van der Waals surface area contributed by atoms with Crippen LogP contribution < -0.4 is 5.32 Å². The van der Waals surface area contributed by atoms with Gasteiger partial charge in [-0.2, -0.15) is 13.2 Å². The molecule has 3 rings (SSSR count). The standard InChI is InChI=1S/C21H15F3N2O2S/c1-2-11-26-19(28)16(18(27)25-20(26)29)12-13-7-3-4-8-14(13)15-9-5-6-10-17(15)21(22,23)24/h2-10,12H,1,11H2,(H,25,27,29)/b16-12-. The molecule has 0 spiro atoms. The number of alkyl halides is 3. The van der Waals surface area contributed by atoms with E-state index in [1.807, 2.05) is 0 Å². The molecule has 148 valence electrons. The van der Waals surface area contributed by atoms with Crippen LogP contribution in [0.3, 0.4) is 0 Å². The number of rotatable bonds is 4. The molecule has 1 heterocycles. The molecule has 1 fully saturated rings. The monoisotopic (exact) mass is 416 g/mol. The van der Waals surface area contributed by atoms with Crippen LogP contribution in [0.15, 0.2) is 66.8 Å². The highest BCUT2D eigenvalue weighted by atomic mass is 32.1. The van der Waals surface area contributed by atoms with Gasteiger partial charge in [0.25, 0.3) is 11.8 Å². The molecule has 0 aliphatic carbocycles. The van der Waals surface area contributed by atoms with Gasteiger partial charge in [-0.1, -0.05) is 48.5 Å². The summed E-state index contributed by atoms with van der Waals surface area (Å²) in [5, 5.41) is 2.36. The Hall–Kier alpha value is -3.26. The summed E-state index contributed by atoms with van der Waals surface area (Å²) in [6.07, 6.45) is -1.83. The van der Waals surface area contributed by atoms with Crippen LogP contribution in [0.25, 0.3) is 17.2 Å². The van der Waals surface area contributed by atoms with Crippen LogP contribution in [0, 0.1) is 0 Å². The molecule has 0 saturated carbocycles. The Labute approximate surface area is 170 Å². The number of hydrogen-bond donors (Lipinski definition) is 1. The Morgan fingerprint density at radius 3 is 2.31 bits per heavy atom. The second kappa shape index (κ2) is 8.00. The van der Waals surface area contributed by atoms with Crippen molar-refractivity contribution in [3.05, 3.63) is 77.9 Å². The molecule has 1 aliphatic heterocycles. The van der Waals surface area contributed by atoms with Crippen molar-refractivity contribution < 1.29 is 22.8 Å². The molecule has 2 aromatic carbocycles. The lowest BCUT2D eigenvalue weighted by atomic mass is 9.93. The summed E-state index contributed by atoms with van der Waals surface area (Å²) < 4.78 is 40.4. The van der Waals surface area contributed by atoms with Crippen molar-refractivity contribution in [3.63, 3.8) is 0 Å². The van der Waals surface area contributed by atoms with Gasteiger partial charge >= 0.3 is 6.18 Å². The van der Waals surface area contributed by atoms with E-state index in [1.54, 1.807) is 18.2 Å². The number of carbonyl (C=O) groups excluding carboxylic acids is 2. The van der Waals surface area contributed by atoms with E-state index >= 15 is 0 Å². The van der Waals surface area contributed by atoms with E-state index in [2.05, 4.69) is 11.9 Å².